The van der Waals surface area contributed by atoms with Crippen molar-refractivity contribution in [1.82, 2.24) is 25.5 Å². The summed E-state index contributed by atoms with van der Waals surface area (Å²) in [5.74, 6) is 0.470. The van der Waals surface area contributed by atoms with Crippen molar-refractivity contribution < 1.29 is 19.1 Å². The van der Waals surface area contributed by atoms with E-state index in [2.05, 4.69) is 20.6 Å². The molecule has 4 amide bonds. The Bertz CT molecular complexity index is 1450. The van der Waals surface area contributed by atoms with E-state index in [1.807, 2.05) is 54.6 Å². The van der Waals surface area contributed by atoms with Gasteiger partial charge in [-0.1, -0.05) is 30.3 Å². The van der Waals surface area contributed by atoms with Gasteiger partial charge in [0, 0.05) is 42.0 Å². The van der Waals surface area contributed by atoms with Crippen LogP contribution in [0.3, 0.4) is 0 Å². The fourth-order valence-electron chi connectivity index (χ4n) is 4.35. The third kappa shape index (κ3) is 4.58. The number of imide groups is 1. The number of fused-ring (bicyclic) bond motifs is 2. The molecule has 1 aliphatic rings. The minimum Gasteiger partial charge on any atom is -0.497 e. The highest BCUT2D eigenvalue weighted by atomic mass is 16.5. The number of urea groups is 1. The first-order chi connectivity index (χ1) is 17.6. The third-order valence-electron chi connectivity index (χ3n) is 6.19. The molecule has 4 aromatic rings. The van der Waals surface area contributed by atoms with Crippen LogP contribution in [0.5, 0.6) is 5.75 Å². The lowest BCUT2D eigenvalue weighted by atomic mass is 10.0. The smallest absolute Gasteiger partial charge is 0.321 e. The van der Waals surface area contributed by atoms with Gasteiger partial charge in [0.25, 0.3) is 5.91 Å². The van der Waals surface area contributed by atoms with Gasteiger partial charge in [0.05, 0.1) is 13.2 Å². The van der Waals surface area contributed by atoms with Crippen LogP contribution in [-0.2, 0) is 11.3 Å². The lowest BCUT2D eigenvalue weighted by molar-refractivity contribution is -0.108. The Balaban J connectivity index is 1.39. The molecule has 5 rings (SSSR count). The summed E-state index contributed by atoms with van der Waals surface area (Å²) < 4.78 is 5.25. The molecule has 0 bridgehead atoms. The van der Waals surface area contributed by atoms with Crippen molar-refractivity contribution in [3.05, 3.63) is 89.7 Å². The quantitative estimate of drug-likeness (QED) is 0.391. The number of pyridine rings is 2. The molecule has 3 heterocycles. The molecule has 0 saturated carbocycles. The van der Waals surface area contributed by atoms with E-state index in [1.165, 1.54) is 0 Å². The maximum atomic E-state index is 13.1. The SMILES string of the molecule is COc1ccc2c(c1)C(=O)N(C[C@H](NC(=O)NC=O)c1ccc(-c3cnc4ncccc4c3)cc1)C2. The van der Waals surface area contributed by atoms with Crippen molar-refractivity contribution in [2.75, 3.05) is 13.7 Å². The fraction of sp³-hybridized carbons (Fsp3) is 0.148. The summed E-state index contributed by atoms with van der Waals surface area (Å²) in [7, 11) is 1.55. The van der Waals surface area contributed by atoms with E-state index in [0.29, 0.717) is 29.9 Å². The molecule has 0 spiro atoms. The lowest BCUT2D eigenvalue weighted by Gasteiger charge is -2.25. The van der Waals surface area contributed by atoms with Crippen LogP contribution in [0, 0.1) is 0 Å². The zero-order valence-electron chi connectivity index (χ0n) is 19.5. The highest BCUT2D eigenvalue weighted by Crippen LogP contribution is 2.29. The van der Waals surface area contributed by atoms with Crippen LogP contribution in [0.1, 0.15) is 27.5 Å². The zero-order valence-corrected chi connectivity index (χ0v) is 19.5. The Kier molecular flexibility index (Phi) is 6.27. The molecule has 0 unspecified atom stereocenters. The van der Waals surface area contributed by atoms with Crippen molar-refractivity contribution in [2.24, 2.45) is 0 Å². The summed E-state index contributed by atoms with van der Waals surface area (Å²) >= 11 is 0. The fourth-order valence-corrected chi connectivity index (χ4v) is 4.35. The normalized spacial score (nSPS) is 13.2. The minimum absolute atomic E-state index is 0.140. The molecular formula is C27H23N5O4. The molecule has 2 aromatic heterocycles. The summed E-state index contributed by atoms with van der Waals surface area (Å²) in [6, 6.07) is 17.7. The topological polar surface area (TPSA) is 114 Å². The number of amides is 4. The minimum atomic E-state index is -0.642. The van der Waals surface area contributed by atoms with Crippen molar-refractivity contribution in [1.29, 1.82) is 0 Å². The number of rotatable bonds is 7. The Morgan fingerprint density at radius 1 is 1.11 bits per heavy atom. The molecule has 1 aliphatic heterocycles. The number of hydrogen-bond acceptors (Lipinski definition) is 6. The van der Waals surface area contributed by atoms with E-state index >= 15 is 0 Å². The number of nitrogens with zero attached hydrogens (tertiary/aromatic N) is 3. The van der Waals surface area contributed by atoms with Crippen molar-refractivity contribution >= 4 is 29.4 Å². The number of benzene rings is 2. The van der Waals surface area contributed by atoms with E-state index in [0.717, 1.165) is 27.6 Å². The van der Waals surface area contributed by atoms with Gasteiger partial charge >= 0.3 is 6.03 Å². The van der Waals surface area contributed by atoms with E-state index in [9.17, 15) is 14.4 Å². The maximum Gasteiger partial charge on any atom is 0.321 e. The van der Waals surface area contributed by atoms with Gasteiger partial charge < -0.3 is 15.0 Å². The first kappa shape index (κ1) is 23.0. The second-order valence-electron chi connectivity index (χ2n) is 8.39. The van der Waals surface area contributed by atoms with Gasteiger partial charge in [-0.05, 0) is 47.0 Å². The molecule has 180 valence electrons. The van der Waals surface area contributed by atoms with Crippen molar-refractivity contribution in [3.8, 4) is 16.9 Å². The molecule has 9 heteroatoms. The Labute approximate surface area is 207 Å². The largest absolute Gasteiger partial charge is 0.497 e. The summed E-state index contributed by atoms with van der Waals surface area (Å²) in [6.07, 6.45) is 3.80. The Morgan fingerprint density at radius 2 is 1.94 bits per heavy atom. The van der Waals surface area contributed by atoms with Crippen LogP contribution >= 0.6 is 0 Å². The first-order valence-corrected chi connectivity index (χ1v) is 11.3. The molecule has 0 fully saturated rings. The first-order valence-electron chi connectivity index (χ1n) is 11.3. The number of carbonyl (C=O) groups is 3. The Morgan fingerprint density at radius 3 is 2.72 bits per heavy atom. The molecule has 9 nitrogen and oxygen atoms in total. The molecule has 2 aromatic carbocycles. The molecule has 0 aliphatic carbocycles. The van der Waals surface area contributed by atoms with E-state index < -0.39 is 12.1 Å². The van der Waals surface area contributed by atoms with Gasteiger partial charge in [0.1, 0.15) is 5.75 Å². The molecule has 0 radical (unpaired) electrons. The Hall–Kier alpha value is -4.79. The summed E-state index contributed by atoms with van der Waals surface area (Å²) in [5, 5.41) is 5.84. The molecular weight excluding hydrogens is 458 g/mol. The summed E-state index contributed by atoms with van der Waals surface area (Å²) in [6.45, 7) is 0.644. The maximum absolute atomic E-state index is 13.1. The number of hydrogen-bond donors (Lipinski definition) is 2. The van der Waals surface area contributed by atoms with Gasteiger partial charge in [-0.15, -0.1) is 0 Å². The monoisotopic (exact) mass is 481 g/mol. The highest BCUT2D eigenvalue weighted by Gasteiger charge is 2.30. The van der Waals surface area contributed by atoms with Gasteiger partial charge in [0.15, 0.2) is 5.65 Å². The predicted octanol–water partition coefficient (Wildman–Crippen LogP) is 3.46. The number of aromatic nitrogens is 2. The summed E-state index contributed by atoms with van der Waals surface area (Å²) in [5.41, 5.74) is 4.83. The standard InChI is InChI=1S/C27H23N5O4/c1-36-22-9-8-20-14-32(26(34)23(20)12-22)15-24(31-27(35)30-16-33)18-6-4-17(5-7-18)21-11-19-3-2-10-28-25(19)29-13-21/h2-13,16,24H,14-15H2,1H3,(H2,30,31,33,35)/t24-/m0/s1. The van der Waals surface area contributed by atoms with Crippen LogP contribution in [-0.4, -0.2) is 46.9 Å². The van der Waals surface area contributed by atoms with Crippen LogP contribution in [0.15, 0.2) is 73.1 Å². The average molecular weight is 482 g/mol. The lowest BCUT2D eigenvalue weighted by Crippen LogP contribution is -2.42. The number of methoxy groups -OCH3 is 1. The predicted molar refractivity (Wildman–Crippen MR) is 133 cm³/mol. The number of ether oxygens (including phenoxy) is 1. The average Bonchev–Trinajstić information content (AvgIpc) is 3.22. The second-order valence-corrected chi connectivity index (χ2v) is 8.39. The molecule has 36 heavy (non-hydrogen) atoms. The van der Waals surface area contributed by atoms with E-state index in [1.54, 1.807) is 30.5 Å². The van der Waals surface area contributed by atoms with E-state index in [4.69, 9.17) is 4.74 Å². The second kappa shape index (κ2) is 9.83. The van der Waals surface area contributed by atoms with Gasteiger partial charge in [0.2, 0.25) is 6.41 Å². The molecule has 0 saturated heterocycles. The van der Waals surface area contributed by atoms with Crippen LogP contribution in [0.2, 0.25) is 0 Å². The van der Waals surface area contributed by atoms with Crippen LogP contribution < -0.4 is 15.4 Å². The van der Waals surface area contributed by atoms with Gasteiger partial charge in [-0.25, -0.2) is 14.8 Å². The van der Waals surface area contributed by atoms with Crippen molar-refractivity contribution in [3.63, 3.8) is 0 Å². The van der Waals surface area contributed by atoms with Crippen LogP contribution in [0.25, 0.3) is 22.2 Å². The molecule has 1 atom stereocenters. The number of nitrogens with one attached hydrogen (secondary N) is 2. The third-order valence-corrected chi connectivity index (χ3v) is 6.19. The van der Waals surface area contributed by atoms with Gasteiger partial charge in [-0.2, -0.15) is 0 Å². The van der Waals surface area contributed by atoms with Crippen molar-refractivity contribution in [2.45, 2.75) is 12.6 Å². The molecule has 2 N–H and O–H groups in total. The van der Waals surface area contributed by atoms with E-state index in [-0.39, 0.29) is 12.5 Å². The summed E-state index contributed by atoms with van der Waals surface area (Å²) in [4.78, 5) is 46.4. The van der Waals surface area contributed by atoms with Gasteiger partial charge in [-0.3, -0.25) is 14.9 Å². The number of carbonyl (C=O) groups excluding carboxylic acids is 3. The zero-order chi connectivity index (χ0) is 25.1. The highest BCUT2D eigenvalue weighted by molar-refractivity contribution is 5.98. The van der Waals surface area contributed by atoms with Crippen LogP contribution in [0.4, 0.5) is 4.79 Å².